The van der Waals surface area contributed by atoms with Gasteiger partial charge >= 0.3 is 12.0 Å². The Morgan fingerprint density at radius 3 is 2.76 bits per heavy atom. The van der Waals surface area contributed by atoms with Crippen LogP contribution in [0.15, 0.2) is 0 Å². The molecule has 0 aliphatic carbocycles. The first kappa shape index (κ1) is 16.0. The molecule has 7 heteroatoms. The molecule has 3 atom stereocenters. The fourth-order valence-electron chi connectivity index (χ4n) is 3.06. The summed E-state index contributed by atoms with van der Waals surface area (Å²) < 4.78 is 5.38. The summed E-state index contributed by atoms with van der Waals surface area (Å²) in [4.78, 5) is 24.8. The minimum atomic E-state index is -0.922. The van der Waals surface area contributed by atoms with Crippen LogP contribution < -0.4 is 10.6 Å². The average molecular weight is 299 g/mol. The third kappa shape index (κ3) is 4.57. The Kier molecular flexibility index (Phi) is 5.81. The Morgan fingerprint density at radius 1 is 1.29 bits per heavy atom. The molecule has 21 heavy (non-hydrogen) atoms. The minimum Gasteiger partial charge on any atom is -0.479 e. The molecule has 2 fully saturated rings. The predicted octanol–water partition coefficient (Wildman–Crippen LogP) is 0.260. The van der Waals surface area contributed by atoms with Gasteiger partial charge in [-0.2, -0.15) is 0 Å². The highest BCUT2D eigenvalue weighted by molar-refractivity contribution is 5.74. The molecule has 3 N–H and O–H groups in total. The second-order valence-electron chi connectivity index (χ2n) is 5.86. The molecule has 2 heterocycles. The van der Waals surface area contributed by atoms with Crippen LogP contribution in [0.1, 0.15) is 25.7 Å². The smallest absolute Gasteiger partial charge is 0.332 e. The molecule has 2 amide bonds. The van der Waals surface area contributed by atoms with Crippen molar-refractivity contribution in [2.45, 2.75) is 37.9 Å². The zero-order valence-electron chi connectivity index (χ0n) is 12.5. The normalized spacial score (nSPS) is 29.4. The van der Waals surface area contributed by atoms with Crippen LogP contribution in [0.3, 0.4) is 0 Å². The van der Waals surface area contributed by atoms with Gasteiger partial charge in [0.05, 0.1) is 6.10 Å². The van der Waals surface area contributed by atoms with Gasteiger partial charge in [-0.05, 0) is 45.2 Å². The van der Waals surface area contributed by atoms with E-state index in [9.17, 15) is 9.59 Å². The van der Waals surface area contributed by atoms with E-state index in [1.165, 1.54) is 0 Å². The van der Waals surface area contributed by atoms with Crippen LogP contribution in [0.2, 0.25) is 0 Å². The van der Waals surface area contributed by atoms with Crippen LogP contribution in [0.5, 0.6) is 0 Å². The molecule has 0 bridgehead atoms. The van der Waals surface area contributed by atoms with E-state index < -0.39 is 12.1 Å². The number of piperidine rings is 1. The molecule has 0 aromatic rings. The van der Waals surface area contributed by atoms with Crippen LogP contribution in [-0.4, -0.2) is 67.4 Å². The van der Waals surface area contributed by atoms with Crippen molar-refractivity contribution in [2.24, 2.45) is 5.92 Å². The first-order valence-corrected chi connectivity index (χ1v) is 7.65. The molecule has 0 aromatic carbocycles. The van der Waals surface area contributed by atoms with Crippen molar-refractivity contribution in [2.75, 3.05) is 33.2 Å². The van der Waals surface area contributed by atoms with E-state index >= 15 is 0 Å². The van der Waals surface area contributed by atoms with E-state index in [4.69, 9.17) is 9.84 Å². The molecule has 2 rings (SSSR count). The Morgan fingerprint density at radius 2 is 2.10 bits per heavy atom. The highest BCUT2D eigenvalue weighted by atomic mass is 16.5. The van der Waals surface area contributed by atoms with Gasteiger partial charge in [0.15, 0.2) is 6.10 Å². The third-order valence-electron chi connectivity index (χ3n) is 4.16. The third-order valence-corrected chi connectivity index (χ3v) is 4.16. The molecule has 2 saturated heterocycles. The maximum absolute atomic E-state index is 12.1. The number of likely N-dealkylation sites (tertiary alicyclic amines) is 1. The monoisotopic (exact) mass is 299 g/mol. The van der Waals surface area contributed by atoms with Gasteiger partial charge in [0, 0.05) is 19.6 Å². The molecule has 2 aliphatic heterocycles. The Labute approximate surface area is 125 Å². The van der Waals surface area contributed by atoms with E-state index in [0.717, 1.165) is 32.5 Å². The fourth-order valence-corrected chi connectivity index (χ4v) is 3.06. The van der Waals surface area contributed by atoms with Gasteiger partial charge in [-0.15, -0.1) is 0 Å². The summed E-state index contributed by atoms with van der Waals surface area (Å²) in [6.07, 6.45) is 2.47. The number of aliphatic carboxylic acids is 1. The molecule has 2 aliphatic rings. The van der Waals surface area contributed by atoms with Gasteiger partial charge in [0.2, 0.25) is 0 Å². The van der Waals surface area contributed by atoms with Crippen molar-refractivity contribution in [3.05, 3.63) is 0 Å². The van der Waals surface area contributed by atoms with Crippen LogP contribution in [0, 0.1) is 5.92 Å². The van der Waals surface area contributed by atoms with Gasteiger partial charge in [0.1, 0.15) is 0 Å². The SMILES string of the molecule is CNCC1CCCN(C(=O)NCC2CCC(C(=O)O)O2)C1. The summed E-state index contributed by atoms with van der Waals surface area (Å²) >= 11 is 0. The van der Waals surface area contributed by atoms with Crippen molar-refractivity contribution in [1.82, 2.24) is 15.5 Å². The second-order valence-corrected chi connectivity index (χ2v) is 5.86. The molecule has 3 unspecified atom stereocenters. The second kappa shape index (κ2) is 7.61. The Balaban J connectivity index is 1.71. The quantitative estimate of drug-likeness (QED) is 0.677. The molecular formula is C14H25N3O4. The Bertz CT molecular complexity index is 375. The van der Waals surface area contributed by atoms with Crippen molar-refractivity contribution < 1.29 is 19.4 Å². The van der Waals surface area contributed by atoms with Gasteiger partial charge in [-0.1, -0.05) is 0 Å². The van der Waals surface area contributed by atoms with Crippen LogP contribution in [0.25, 0.3) is 0 Å². The van der Waals surface area contributed by atoms with E-state index in [1.54, 1.807) is 0 Å². The first-order chi connectivity index (χ1) is 10.1. The van der Waals surface area contributed by atoms with Crippen molar-refractivity contribution in [3.8, 4) is 0 Å². The van der Waals surface area contributed by atoms with Gasteiger partial charge < -0.3 is 25.4 Å². The summed E-state index contributed by atoms with van der Waals surface area (Å²) in [7, 11) is 1.93. The number of carbonyl (C=O) groups excluding carboxylic acids is 1. The lowest BCUT2D eigenvalue weighted by Crippen LogP contribution is -2.48. The maximum Gasteiger partial charge on any atom is 0.332 e. The number of carboxylic acid groups (broad SMARTS) is 1. The van der Waals surface area contributed by atoms with Crippen LogP contribution in [0.4, 0.5) is 4.79 Å². The number of rotatable bonds is 5. The minimum absolute atomic E-state index is 0.0711. The largest absolute Gasteiger partial charge is 0.479 e. The summed E-state index contributed by atoms with van der Waals surface area (Å²) in [6, 6.07) is -0.0711. The number of urea groups is 1. The van der Waals surface area contributed by atoms with E-state index in [1.807, 2.05) is 11.9 Å². The van der Waals surface area contributed by atoms with Crippen LogP contribution in [-0.2, 0) is 9.53 Å². The van der Waals surface area contributed by atoms with Crippen molar-refractivity contribution >= 4 is 12.0 Å². The molecule has 0 aromatic heterocycles. The number of amides is 2. The first-order valence-electron chi connectivity index (χ1n) is 7.65. The fraction of sp³-hybridized carbons (Fsp3) is 0.857. The summed E-state index contributed by atoms with van der Waals surface area (Å²) in [6.45, 7) is 2.87. The number of hydrogen-bond donors (Lipinski definition) is 3. The van der Waals surface area contributed by atoms with E-state index in [0.29, 0.717) is 25.3 Å². The number of hydrogen-bond acceptors (Lipinski definition) is 4. The molecule has 0 radical (unpaired) electrons. The van der Waals surface area contributed by atoms with Crippen molar-refractivity contribution in [1.29, 1.82) is 0 Å². The van der Waals surface area contributed by atoms with Crippen LogP contribution >= 0.6 is 0 Å². The number of nitrogens with zero attached hydrogens (tertiary/aromatic N) is 1. The molecular weight excluding hydrogens is 274 g/mol. The number of nitrogens with one attached hydrogen (secondary N) is 2. The molecule has 7 nitrogen and oxygen atoms in total. The highest BCUT2D eigenvalue weighted by Gasteiger charge is 2.31. The topological polar surface area (TPSA) is 90.9 Å². The number of carbonyl (C=O) groups is 2. The lowest BCUT2D eigenvalue weighted by molar-refractivity contribution is -0.149. The average Bonchev–Trinajstić information content (AvgIpc) is 2.94. The highest BCUT2D eigenvalue weighted by Crippen LogP contribution is 2.20. The van der Waals surface area contributed by atoms with E-state index in [2.05, 4.69) is 10.6 Å². The standard InChI is InChI=1S/C14H25N3O4/c1-15-7-10-3-2-6-17(9-10)14(20)16-8-11-4-5-12(21-11)13(18)19/h10-12,15H,2-9H2,1H3,(H,16,20)(H,18,19). The number of ether oxygens (including phenoxy) is 1. The molecule has 120 valence electrons. The Hall–Kier alpha value is -1.34. The zero-order valence-corrected chi connectivity index (χ0v) is 12.5. The molecule has 0 spiro atoms. The lowest BCUT2D eigenvalue weighted by atomic mass is 9.98. The summed E-state index contributed by atoms with van der Waals surface area (Å²) in [5, 5.41) is 14.9. The zero-order chi connectivity index (χ0) is 15.2. The molecule has 0 saturated carbocycles. The summed E-state index contributed by atoms with van der Waals surface area (Å²) in [5.74, 6) is -0.414. The van der Waals surface area contributed by atoms with Gasteiger partial charge in [0.25, 0.3) is 0 Å². The lowest BCUT2D eigenvalue weighted by Gasteiger charge is -2.33. The van der Waals surface area contributed by atoms with Gasteiger partial charge in [-0.3, -0.25) is 0 Å². The number of carboxylic acids is 1. The maximum atomic E-state index is 12.1. The van der Waals surface area contributed by atoms with Crippen molar-refractivity contribution in [3.63, 3.8) is 0 Å². The predicted molar refractivity (Wildman–Crippen MR) is 77.2 cm³/mol. The van der Waals surface area contributed by atoms with Gasteiger partial charge in [-0.25, -0.2) is 9.59 Å². The van der Waals surface area contributed by atoms with E-state index in [-0.39, 0.29) is 12.1 Å². The summed E-state index contributed by atoms with van der Waals surface area (Å²) in [5.41, 5.74) is 0.